The topological polar surface area (TPSA) is 33.7 Å². The van der Waals surface area contributed by atoms with E-state index in [2.05, 4.69) is 16.3 Å². The molecule has 0 amide bonds. The number of halogens is 1. The molecule has 1 aromatic rings. The van der Waals surface area contributed by atoms with Gasteiger partial charge in [0, 0.05) is 56.0 Å². The maximum absolute atomic E-state index is 6.28. The van der Waals surface area contributed by atoms with Gasteiger partial charge in [0.1, 0.15) is 5.75 Å². The first-order chi connectivity index (χ1) is 10.8. The van der Waals surface area contributed by atoms with Crippen LogP contribution in [0.5, 0.6) is 5.75 Å². The molecule has 1 atom stereocenters. The molecule has 2 aliphatic rings. The predicted octanol–water partition coefficient (Wildman–Crippen LogP) is 2.72. The van der Waals surface area contributed by atoms with Gasteiger partial charge in [-0.15, -0.1) is 0 Å². The second-order valence-corrected chi connectivity index (χ2v) is 6.50. The first-order valence-electron chi connectivity index (χ1n) is 8.15. The minimum Gasteiger partial charge on any atom is -0.496 e. The molecule has 3 rings (SSSR count). The summed E-state index contributed by atoms with van der Waals surface area (Å²) in [7, 11) is 1.74. The highest BCUT2D eigenvalue weighted by molar-refractivity contribution is 6.30. The lowest BCUT2D eigenvalue weighted by Gasteiger charge is -2.41. The van der Waals surface area contributed by atoms with E-state index in [0.717, 1.165) is 63.0 Å². The maximum atomic E-state index is 6.28. The number of hydrogen-bond donors (Lipinski definition) is 1. The zero-order valence-corrected chi connectivity index (χ0v) is 13.9. The lowest BCUT2D eigenvalue weighted by atomic mass is 9.85. The summed E-state index contributed by atoms with van der Waals surface area (Å²) in [6.07, 6.45) is 2.20. The highest BCUT2D eigenvalue weighted by atomic mass is 35.5. The Morgan fingerprint density at radius 2 is 2.00 bits per heavy atom. The van der Waals surface area contributed by atoms with Gasteiger partial charge < -0.3 is 14.8 Å². The van der Waals surface area contributed by atoms with Crippen LogP contribution >= 0.6 is 11.6 Å². The van der Waals surface area contributed by atoms with Gasteiger partial charge in [0.15, 0.2) is 0 Å². The van der Waals surface area contributed by atoms with Crippen molar-refractivity contribution in [3.05, 3.63) is 28.8 Å². The van der Waals surface area contributed by atoms with Gasteiger partial charge in [0.2, 0.25) is 0 Å². The van der Waals surface area contributed by atoms with Crippen molar-refractivity contribution in [3.8, 4) is 5.75 Å². The van der Waals surface area contributed by atoms with E-state index >= 15 is 0 Å². The number of rotatable bonds is 4. The van der Waals surface area contributed by atoms with E-state index in [0.29, 0.717) is 12.0 Å². The van der Waals surface area contributed by atoms with E-state index in [1.165, 1.54) is 5.56 Å². The van der Waals surface area contributed by atoms with Crippen LogP contribution in [0.25, 0.3) is 0 Å². The highest BCUT2D eigenvalue weighted by Gasteiger charge is 2.33. The minimum absolute atomic E-state index is 0.361. The Morgan fingerprint density at radius 3 is 2.68 bits per heavy atom. The van der Waals surface area contributed by atoms with E-state index in [1.807, 2.05) is 12.1 Å². The van der Waals surface area contributed by atoms with Gasteiger partial charge in [0.25, 0.3) is 0 Å². The predicted molar refractivity (Wildman–Crippen MR) is 88.7 cm³/mol. The van der Waals surface area contributed by atoms with Gasteiger partial charge in [-0.1, -0.05) is 11.6 Å². The molecule has 22 heavy (non-hydrogen) atoms. The largest absolute Gasteiger partial charge is 0.496 e. The molecule has 0 bridgehead atoms. The van der Waals surface area contributed by atoms with Crippen molar-refractivity contribution in [1.82, 2.24) is 10.2 Å². The van der Waals surface area contributed by atoms with Gasteiger partial charge in [-0.05, 0) is 37.0 Å². The molecule has 2 saturated heterocycles. The van der Waals surface area contributed by atoms with Crippen LogP contribution in [0.1, 0.15) is 24.4 Å². The standard InChI is InChI=1S/C17H25ClN2O2/c1-21-16-3-2-14(18)12-15(16)17(13-4-10-22-11-5-13)20-8-6-19-7-9-20/h2-3,12-13,17,19H,4-11H2,1H3/t17-/m0/s1. The van der Waals surface area contributed by atoms with Crippen LogP contribution in [0.2, 0.25) is 5.02 Å². The normalized spacial score (nSPS) is 22.5. The van der Waals surface area contributed by atoms with Gasteiger partial charge in [-0.3, -0.25) is 4.90 Å². The van der Waals surface area contributed by atoms with E-state index in [1.54, 1.807) is 7.11 Å². The molecule has 1 aromatic carbocycles. The van der Waals surface area contributed by atoms with Crippen molar-refractivity contribution < 1.29 is 9.47 Å². The molecule has 2 fully saturated rings. The van der Waals surface area contributed by atoms with Crippen LogP contribution in [0, 0.1) is 5.92 Å². The summed E-state index contributed by atoms with van der Waals surface area (Å²) in [5.74, 6) is 1.54. The van der Waals surface area contributed by atoms with Crippen LogP contribution in [0.4, 0.5) is 0 Å². The second kappa shape index (κ2) is 7.64. The van der Waals surface area contributed by atoms with Crippen molar-refractivity contribution in [3.63, 3.8) is 0 Å². The number of methoxy groups -OCH3 is 1. The Balaban J connectivity index is 1.94. The highest BCUT2D eigenvalue weighted by Crippen LogP contribution is 2.40. The molecule has 0 saturated carbocycles. The molecule has 0 aliphatic carbocycles. The Bertz CT molecular complexity index is 468. The monoisotopic (exact) mass is 324 g/mol. The molecule has 2 heterocycles. The average molecular weight is 325 g/mol. The maximum Gasteiger partial charge on any atom is 0.123 e. The van der Waals surface area contributed by atoms with E-state index < -0.39 is 0 Å². The van der Waals surface area contributed by atoms with E-state index in [-0.39, 0.29) is 0 Å². The Labute approximate surface area is 137 Å². The molecular formula is C17H25ClN2O2. The molecule has 5 heteroatoms. The van der Waals surface area contributed by atoms with Crippen molar-refractivity contribution in [2.45, 2.75) is 18.9 Å². The third kappa shape index (κ3) is 3.57. The zero-order chi connectivity index (χ0) is 15.4. The molecule has 0 radical (unpaired) electrons. The van der Waals surface area contributed by atoms with Crippen LogP contribution in [0.3, 0.4) is 0 Å². The lowest BCUT2D eigenvalue weighted by molar-refractivity contribution is 0.0206. The van der Waals surface area contributed by atoms with Crippen LogP contribution in [-0.4, -0.2) is 51.4 Å². The quantitative estimate of drug-likeness (QED) is 0.923. The zero-order valence-electron chi connectivity index (χ0n) is 13.2. The van der Waals surface area contributed by atoms with Crippen LogP contribution in [0.15, 0.2) is 18.2 Å². The number of ether oxygens (including phenoxy) is 2. The summed E-state index contributed by atoms with van der Waals surface area (Å²) in [6.45, 7) is 5.94. The van der Waals surface area contributed by atoms with Crippen LogP contribution < -0.4 is 10.1 Å². The van der Waals surface area contributed by atoms with Crippen LogP contribution in [-0.2, 0) is 4.74 Å². The Hall–Kier alpha value is -0.810. The SMILES string of the molecule is COc1ccc(Cl)cc1[C@H](C1CCOCC1)N1CCNCC1. The number of nitrogens with zero attached hydrogens (tertiary/aromatic N) is 1. The first kappa shape index (κ1) is 16.1. The fourth-order valence-electron chi connectivity index (χ4n) is 3.68. The van der Waals surface area contributed by atoms with Gasteiger partial charge in [0.05, 0.1) is 7.11 Å². The fraction of sp³-hybridized carbons (Fsp3) is 0.647. The van der Waals surface area contributed by atoms with Crippen molar-refractivity contribution in [2.75, 3.05) is 46.5 Å². The summed E-state index contributed by atoms with van der Waals surface area (Å²) in [5, 5.41) is 4.22. The Kier molecular flexibility index (Phi) is 5.58. The van der Waals surface area contributed by atoms with Gasteiger partial charge >= 0.3 is 0 Å². The molecule has 0 spiro atoms. The van der Waals surface area contributed by atoms with Gasteiger partial charge in [-0.2, -0.15) is 0 Å². The summed E-state index contributed by atoms with van der Waals surface area (Å²) in [6, 6.07) is 6.34. The average Bonchev–Trinajstić information content (AvgIpc) is 2.57. The molecular weight excluding hydrogens is 300 g/mol. The second-order valence-electron chi connectivity index (χ2n) is 6.07. The summed E-state index contributed by atoms with van der Waals surface area (Å²) < 4.78 is 11.2. The lowest BCUT2D eigenvalue weighted by Crippen LogP contribution is -2.47. The smallest absolute Gasteiger partial charge is 0.123 e. The number of hydrogen-bond acceptors (Lipinski definition) is 4. The summed E-state index contributed by atoms with van der Waals surface area (Å²) in [5.41, 5.74) is 1.23. The molecule has 2 aliphatic heterocycles. The molecule has 122 valence electrons. The van der Waals surface area contributed by atoms with Gasteiger partial charge in [-0.25, -0.2) is 0 Å². The minimum atomic E-state index is 0.361. The molecule has 1 N–H and O–H groups in total. The molecule has 0 aromatic heterocycles. The van der Waals surface area contributed by atoms with Crippen molar-refractivity contribution in [2.24, 2.45) is 5.92 Å². The molecule has 4 nitrogen and oxygen atoms in total. The third-order valence-electron chi connectivity index (χ3n) is 4.77. The first-order valence-corrected chi connectivity index (χ1v) is 8.53. The number of piperazine rings is 1. The number of nitrogens with one attached hydrogen (secondary N) is 1. The summed E-state index contributed by atoms with van der Waals surface area (Å²) >= 11 is 6.28. The fourth-order valence-corrected chi connectivity index (χ4v) is 3.86. The third-order valence-corrected chi connectivity index (χ3v) is 5.00. The van der Waals surface area contributed by atoms with E-state index in [4.69, 9.17) is 21.1 Å². The summed E-state index contributed by atoms with van der Waals surface area (Å²) in [4.78, 5) is 2.58. The van der Waals surface area contributed by atoms with Crippen molar-refractivity contribution >= 4 is 11.6 Å². The Morgan fingerprint density at radius 1 is 1.27 bits per heavy atom. The number of benzene rings is 1. The van der Waals surface area contributed by atoms with E-state index in [9.17, 15) is 0 Å². The molecule has 0 unspecified atom stereocenters. The van der Waals surface area contributed by atoms with Crippen molar-refractivity contribution in [1.29, 1.82) is 0 Å².